The highest BCUT2D eigenvalue weighted by Crippen LogP contribution is 2.25. The molecule has 0 spiro atoms. The molecule has 0 aromatic heterocycles. The van der Waals surface area contributed by atoms with Crippen LogP contribution in [0.1, 0.15) is 52.6 Å². The second kappa shape index (κ2) is 16.9. The number of hydrogen-bond acceptors (Lipinski definition) is 12. The zero-order valence-electron chi connectivity index (χ0n) is 28.4. The van der Waals surface area contributed by atoms with Crippen LogP contribution in [0, 0.1) is 40.5 Å². The van der Waals surface area contributed by atoms with Crippen LogP contribution in [0.3, 0.4) is 0 Å². The van der Waals surface area contributed by atoms with Crippen molar-refractivity contribution in [3.63, 3.8) is 0 Å². The van der Waals surface area contributed by atoms with E-state index >= 15 is 0 Å². The largest absolute Gasteiger partial charge is 0.322 e. The van der Waals surface area contributed by atoms with Gasteiger partial charge in [0.25, 0.3) is 34.6 Å². The quantitative estimate of drug-likeness (QED) is 0.0479. The standard InChI is InChI=1S/C38H24N6O12/c45-35(25-3-1-5-29(15-25)39-37(47)27-17-31(41(49)50)21-32(18-27)42(51)52)13-11-23-7-9-24(10-8-23)12-14-36(46)26-4-2-6-30(16-26)40-38(48)28-19-33(43(53)54)22-34(20-28)44(55)56/h1-22H,(H,39,47)(H,40,48)/b13-11+,14-12+. The fourth-order valence-corrected chi connectivity index (χ4v) is 5.04. The molecule has 0 unspecified atom stereocenters. The van der Waals surface area contributed by atoms with Gasteiger partial charge in [-0.15, -0.1) is 0 Å². The van der Waals surface area contributed by atoms with E-state index in [1.54, 1.807) is 36.4 Å². The van der Waals surface area contributed by atoms with Gasteiger partial charge in [0, 0.05) is 46.8 Å². The van der Waals surface area contributed by atoms with Crippen LogP contribution < -0.4 is 10.6 Å². The van der Waals surface area contributed by atoms with Crippen LogP contribution in [-0.2, 0) is 0 Å². The van der Waals surface area contributed by atoms with Gasteiger partial charge in [0.15, 0.2) is 11.6 Å². The Morgan fingerprint density at radius 2 is 0.750 bits per heavy atom. The Hall–Kier alpha value is -8.54. The van der Waals surface area contributed by atoms with Crippen molar-refractivity contribution in [2.24, 2.45) is 0 Å². The van der Waals surface area contributed by atoms with E-state index in [0.717, 1.165) is 36.4 Å². The lowest BCUT2D eigenvalue weighted by atomic mass is 10.1. The van der Waals surface area contributed by atoms with Gasteiger partial charge in [0.2, 0.25) is 0 Å². The molecule has 18 nitrogen and oxygen atoms in total. The zero-order valence-corrected chi connectivity index (χ0v) is 28.4. The molecule has 0 saturated heterocycles. The maximum Gasteiger partial charge on any atom is 0.277 e. The summed E-state index contributed by atoms with van der Waals surface area (Å²) in [4.78, 5) is 92.6. The summed E-state index contributed by atoms with van der Waals surface area (Å²) >= 11 is 0. The second-order valence-corrected chi connectivity index (χ2v) is 11.6. The van der Waals surface area contributed by atoms with Gasteiger partial charge in [-0.3, -0.25) is 59.6 Å². The number of nitrogens with one attached hydrogen (secondary N) is 2. The van der Waals surface area contributed by atoms with Crippen molar-refractivity contribution in [1.82, 2.24) is 0 Å². The molecule has 0 saturated carbocycles. The van der Waals surface area contributed by atoms with E-state index < -0.39 is 65.8 Å². The molecule has 0 aliphatic rings. The van der Waals surface area contributed by atoms with Gasteiger partial charge in [-0.05, 0) is 47.5 Å². The van der Waals surface area contributed by atoms with Crippen molar-refractivity contribution in [1.29, 1.82) is 0 Å². The molecule has 0 fully saturated rings. The number of amides is 2. The monoisotopic (exact) mass is 756 g/mol. The fraction of sp³-hybridized carbons (Fsp3) is 0. The molecule has 2 N–H and O–H groups in total. The zero-order chi connectivity index (χ0) is 40.5. The van der Waals surface area contributed by atoms with Crippen molar-refractivity contribution in [3.8, 4) is 0 Å². The van der Waals surface area contributed by atoms with Gasteiger partial charge >= 0.3 is 0 Å². The lowest BCUT2D eigenvalue weighted by molar-refractivity contribution is -0.394. The van der Waals surface area contributed by atoms with E-state index in [-0.39, 0.29) is 33.6 Å². The number of rotatable bonds is 14. The molecule has 0 aliphatic heterocycles. The molecule has 0 radical (unpaired) electrons. The molecular weight excluding hydrogens is 732 g/mol. The van der Waals surface area contributed by atoms with Gasteiger partial charge in [-0.25, -0.2) is 0 Å². The minimum Gasteiger partial charge on any atom is -0.322 e. The average Bonchev–Trinajstić information content (AvgIpc) is 3.19. The number of ketones is 2. The van der Waals surface area contributed by atoms with Crippen molar-refractivity contribution in [2.45, 2.75) is 0 Å². The minimum atomic E-state index is -0.859. The van der Waals surface area contributed by atoms with Crippen LogP contribution in [0.15, 0.2) is 121 Å². The summed E-state index contributed by atoms with van der Waals surface area (Å²) in [6, 6.07) is 23.5. The Morgan fingerprint density at radius 3 is 1.05 bits per heavy atom. The molecule has 2 amide bonds. The van der Waals surface area contributed by atoms with Crippen LogP contribution in [-0.4, -0.2) is 43.1 Å². The first-order chi connectivity index (χ1) is 26.7. The minimum absolute atomic E-state index is 0.166. The van der Waals surface area contributed by atoms with Crippen LogP contribution in [0.2, 0.25) is 0 Å². The predicted molar refractivity (Wildman–Crippen MR) is 201 cm³/mol. The highest BCUT2D eigenvalue weighted by Gasteiger charge is 2.22. The van der Waals surface area contributed by atoms with Gasteiger partial charge in [-0.2, -0.15) is 0 Å². The van der Waals surface area contributed by atoms with E-state index in [1.165, 1.54) is 60.7 Å². The Balaban J connectivity index is 1.19. The lowest BCUT2D eigenvalue weighted by Gasteiger charge is -2.07. The molecule has 5 aromatic rings. The summed E-state index contributed by atoms with van der Waals surface area (Å²) in [7, 11) is 0. The van der Waals surface area contributed by atoms with Crippen molar-refractivity contribution < 1.29 is 38.9 Å². The number of nitrogens with zero attached hydrogens (tertiary/aromatic N) is 4. The third-order valence-electron chi connectivity index (χ3n) is 7.77. The number of nitro benzene ring substituents is 4. The van der Waals surface area contributed by atoms with Gasteiger partial charge < -0.3 is 10.6 Å². The molecular formula is C38H24N6O12. The first kappa shape index (κ1) is 38.7. The Kier molecular flexibility index (Phi) is 11.6. The molecule has 18 heteroatoms. The third kappa shape index (κ3) is 9.86. The van der Waals surface area contributed by atoms with Crippen LogP contribution in [0.4, 0.5) is 34.1 Å². The summed E-state index contributed by atoms with van der Waals surface area (Å²) in [6.45, 7) is 0. The van der Waals surface area contributed by atoms with Crippen molar-refractivity contribution in [2.75, 3.05) is 10.6 Å². The average molecular weight is 757 g/mol. The van der Waals surface area contributed by atoms with Gasteiger partial charge in [0.05, 0.1) is 43.0 Å². The highest BCUT2D eigenvalue weighted by molar-refractivity contribution is 6.10. The molecule has 5 rings (SSSR count). The fourth-order valence-electron chi connectivity index (χ4n) is 5.04. The maximum absolute atomic E-state index is 12.9. The SMILES string of the molecule is O=C(/C=C/c1ccc(/C=C/C(=O)c2cccc(NC(=O)c3cc([N+](=O)[O-])cc([N+](=O)[O-])c3)c2)cc1)c1cccc(NC(=O)c2cc([N+](=O)[O-])cc([N+](=O)[O-])c2)c1. The third-order valence-corrected chi connectivity index (χ3v) is 7.77. The van der Waals surface area contributed by atoms with E-state index in [4.69, 9.17) is 0 Å². The number of carbonyl (C=O) groups is 4. The number of hydrogen-bond donors (Lipinski definition) is 2. The molecule has 5 aromatic carbocycles. The van der Waals surface area contributed by atoms with E-state index in [0.29, 0.717) is 11.1 Å². The normalized spacial score (nSPS) is 10.9. The van der Waals surface area contributed by atoms with Gasteiger partial charge in [0.1, 0.15) is 0 Å². The van der Waals surface area contributed by atoms with Crippen molar-refractivity contribution in [3.05, 3.63) is 195 Å². The van der Waals surface area contributed by atoms with Crippen LogP contribution in [0.5, 0.6) is 0 Å². The topological polar surface area (TPSA) is 265 Å². The summed E-state index contributed by atoms with van der Waals surface area (Å²) in [6.07, 6.45) is 5.68. The molecule has 0 atom stereocenters. The van der Waals surface area contributed by atoms with Crippen LogP contribution >= 0.6 is 0 Å². The molecule has 0 bridgehead atoms. The van der Waals surface area contributed by atoms with Crippen molar-refractivity contribution >= 4 is 69.7 Å². The predicted octanol–water partition coefficient (Wildman–Crippen LogP) is 7.62. The lowest BCUT2D eigenvalue weighted by Crippen LogP contribution is -2.13. The van der Waals surface area contributed by atoms with E-state index in [2.05, 4.69) is 10.6 Å². The van der Waals surface area contributed by atoms with E-state index in [9.17, 15) is 59.6 Å². The highest BCUT2D eigenvalue weighted by atomic mass is 16.6. The molecule has 0 aliphatic carbocycles. The molecule has 278 valence electrons. The van der Waals surface area contributed by atoms with Crippen LogP contribution in [0.25, 0.3) is 12.2 Å². The number of carbonyl (C=O) groups excluding carboxylic acids is 4. The second-order valence-electron chi connectivity index (χ2n) is 11.6. The number of nitro groups is 4. The maximum atomic E-state index is 12.9. The summed E-state index contributed by atoms with van der Waals surface area (Å²) in [5, 5.41) is 49.6. The number of benzene rings is 5. The van der Waals surface area contributed by atoms with E-state index in [1.807, 2.05) is 0 Å². The van der Waals surface area contributed by atoms with Gasteiger partial charge in [-0.1, -0.05) is 60.7 Å². The summed E-state index contributed by atoms with van der Waals surface area (Å²) in [5.74, 6) is -2.57. The first-order valence-corrected chi connectivity index (χ1v) is 15.9. The molecule has 0 heterocycles. The summed E-state index contributed by atoms with van der Waals surface area (Å²) in [5.41, 5.74) is -1.19. The number of non-ortho nitro benzene ring substituents is 4. The Morgan fingerprint density at radius 1 is 0.429 bits per heavy atom. The Labute approximate surface area is 314 Å². The number of anilines is 2. The number of allylic oxidation sites excluding steroid dienone is 2. The molecule has 56 heavy (non-hydrogen) atoms. The first-order valence-electron chi connectivity index (χ1n) is 15.9. The smallest absolute Gasteiger partial charge is 0.277 e. The summed E-state index contributed by atoms with van der Waals surface area (Å²) < 4.78 is 0. The Bertz CT molecular complexity index is 2290.